The Kier molecular flexibility index (Phi) is 15.5. The maximum Gasteiger partial charge on any atom is 0.326 e. The molecule has 5 unspecified atom stereocenters. The van der Waals surface area contributed by atoms with Crippen LogP contribution in [-0.4, -0.2) is 76.5 Å². The molecule has 0 saturated heterocycles. The lowest BCUT2D eigenvalue weighted by atomic mass is 9.96. The highest BCUT2D eigenvalue weighted by molar-refractivity contribution is 5.94. The van der Waals surface area contributed by atoms with Crippen LogP contribution in [0.5, 0.6) is 0 Å². The summed E-state index contributed by atoms with van der Waals surface area (Å²) in [6, 6.07) is -4.44. The molecule has 212 valence electrons. The number of nitrogens with zero attached hydrogens (tertiary/aromatic N) is 1. The highest BCUT2D eigenvalue weighted by Gasteiger charge is 2.32. The largest absolute Gasteiger partial charge is 0.481 e. The summed E-state index contributed by atoms with van der Waals surface area (Å²) in [4.78, 5) is 64.9. The van der Waals surface area contributed by atoms with Crippen LogP contribution in [0, 0.1) is 11.8 Å². The molecule has 0 rings (SSSR count). The third kappa shape index (κ3) is 14.0. The van der Waals surface area contributed by atoms with Gasteiger partial charge in [0.2, 0.25) is 17.7 Å². The minimum absolute atomic E-state index is 0.0257. The molecule has 0 bridgehead atoms. The Hall–Kier alpha value is -3.42. The van der Waals surface area contributed by atoms with E-state index in [1.807, 2.05) is 20.8 Å². The van der Waals surface area contributed by atoms with Crippen LogP contribution in [0.4, 0.5) is 0 Å². The van der Waals surface area contributed by atoms with E-state index in [0.29, 0.717) is 12.8 Å². The second kappa shape index (κ2) is 17.1. The number of carboxylic acids is 2. The van der Waals surface area contributed by atoms with Crippen molar-refractivity contribution in [1.29, 1.82) is 0 Å². The molecule has 0 aliphatic rings. The summed E-state index contributed by atoms with van der Waals surface area (Å²) in [5, 5.41) is 26.0. The summed E-state index contributed by atoms with van der Waals surface area (Å²) in [6.45, 7) is 7.43. The third-order valence-electron chi connectivity index (χ3n) is 5.70. The van der Waals surface area contributed by atoms with E-state index < -0.39 is 53.8 Å². The van der Waals surface area contributed by atoms with Gasteiger partial charge in [-0.3, -0.25) is 24.2 Å². The molecule has 11 N–H and O–H groups in total. The van der Waals surface area contributed by atoms with Crippen molar-refractivity contribution in [2.75, 3.05) is 6.54 Å². The van der Waals surface area contributed by atoms with Crippen LogP contribution in [0.1, 0.15) is 66.2 Å². The number of carbonyl (C=O) groups excluding carboxylic acids is 3. The van der Waals surface area contributed by atoms with E-state index in [1.54, 1.807) is 6.92 Å². The highest BCUT2D eigenvalue weighted by Crippen LogP contribution is 2.12. The van der Waals surface area contributed by atoms with Gasteiger partial charge in [0.1, 0.15) is 18.1 Å². The van der Waals surface area contributed by atoms with Crippen LogP contribution < -0.4 is 33.2 Å². The number of nitrogens with two attached hydrogens (primary N) is 3. The molecule has 0 heterocycles. The molecule has 0 aromatic carbocycles. The van der Waals surface area contributed by atoms with E-state index in [2.05, 4.69) is 20.9 Å². The van der Waals surface area contributed by atoms with Gasteiger partial charge >= 0.3 is 11.9 Å². The smallest absolute Gasteiger partial charge is 0.326 e. The van der Waals surface area contributed by atoms with Crippen LogP contribution in [0.25, 0.3) is 0 Å². The fraction of sp³-hybridized carbons (Fsp3) is 0.739. The van der Waals surface area contributed by atoms with E-state index in [1.165, 1.54) is 0 Å². The molecule has 0 aromatic rings. The minimum atomic E-state index is -1.24. The molecule has 0 radical (unpaired) electrons. The number of carboxylic acid groups (broad SMARTS) is 2. The number of hydrogen-bond acceptors (Lipinski definition) is 7. The molecule has 0 aliphatic carbocycles. The number of nitrogens with one attached hydrogen (secondary N) is 3. The average molecular weight is 530 g/mol. The number of guanidine groups is 1. The molecule has 0 spiro atoms. The second-order valence-electron chi connectivity index (χ2n) is 9.45. The highest BCUT2D eigenvalue weighted by atomic mass is 16.4. The fourth-order valence-electron chi connectivity index (χ4n) is 3.37. The summed E-state index contributed by atoms with van der Waals surface area (Å²) in [5.74, 6) is -4.81. The first-order chi connectivity index (χ1) is 17.2. The number of aliphatic imine (C=N–C) groups is 1. The van der Waals surface area contributed by atoms with Crippen molar-refractivity contribution in [1.82, 2.24) is 16.0 Å². The van der Waals surface area contributed by atoms with Crippen LogP contribution in [0.15, 0.2) is 4.99 Å². The maximum atomic E-state index is 13.2. The van der Waals surface area contributed by atoms with Gasteiger partial charge in [-0.2, -0.15) is 0 Å². The Morgan fingerprint density at radius 2 is 1.46 bits per heavy atom. The molecule has 0 fully saturated rings. The number of rotatable bonds is 18. The van der Waals surface area contributed by atoms with Crippen LogP contribution in [0.3, 0.4) is 0 Å². The molecule has 0 aromatic heterocycles. The van der Waals surface area contributed by atoms with Crippen LogP contribution in [-0.2, 0) is 24.0 Å². The number of carbonyl (C=O) groups is 5. The zero-order valence-electron chi connectivity index (χ0n) is 22.0. The maximum absolute atomic E-state index is 13.2. The van der Waals surface area contributed by atoms with Crippen molar-refractivity contribution in [2.45, 2.75) is 90.4 Å². The van der Waals surface area contributed by atoms with Gasteiger partial charge in [-0.05, 0) is 37.5 Å². The van der Waals surface area contributed by atoms with Gasteiger partial charge in [-0.15, -0.1) is 0 Å². The van der Waals surface area contributed by atoms with Gasteiger partial charge in [0.05, 0.1) is 6.04 Å². The van der Waals surface area contributed by atoms with Crippen LogP contribution >= 0.6 is 0 Å². The second-order valence-corrected chi connectivity index (χ2v) is 9.45. The zero-order chi connectivity index (χ0) is 28.7. The molecular weight excluding hydrogens is 486 g/mol. The predicted octanol–water partition coefficient (Wildman–Crippen LogP) is -1.14. The topological polar surface area (TPSA) is 252 Å². The molecule has 0 aliphatic heterocycles. The lowest BCUT2D eigenvalue weighted by Gasteiger charge is -2.28. The first-order valence-corrected chi connectivity index (χ1v) is 12.4. The van der Waals surface area contributed by atoms with Gasteiger partial charge in [0.15, 0.2) is 5.96 Å². The average Bonchev–Trinajstić information content (AvgIpc) is 2.80. The standard InChI is InChI=1S/C23H43N7O7/c1-5-13(4)18(30-19(33)14(24)8-9-17(31)32)21(35)29-16(11-12(2)3)20(34)28-15(22(36)37)7-6-10-27-23(25)26/h12-16,18H,5-11,24H2,1-4H3,(H,28,34)(H,29,35)(H,30,33)(H,31,32)(H,36,37)(H4,25,26,27). The van der Waals surface area contributed by atoms with Gasteiger partial charge < -0.3 is 43.4 Å². The molecule has 5 atom stereocenters. The van der Waals surface area contributed by atoms with Crippen molar-refractivity contribution < 1.29 is 34.2 Å². The van der Waals surface area contributed by atoms with Gasteiger partial charge in [-0.1, -0.05) is 34.1 Å². The first-order valence-electron chi connectivity index (χ1n) is 12.4. The third-order valence-corrected chi connectivity index (χ3v) is 5.70. The fourth-order valence-corrected chi connectivity index (χ4v) is 3.37. The Bertz CT molecular complexity index is 815. The summed E-state index contributed by atoms with van der Waals surface area (Å²) in [6.07, 6.45) is 0.703. The Morgan fingerprint density at radius 3 is 1.95 bits per heavy atom. The quantitative estimate of drug-likeness (QED) is 0.0601. The summed E-state index contributed by atoms with van der Waals surface area (Å²) >= 11 is 0. The van der Waals surface area contributed by atoms with E-state index >= 15 is 0 Å². The zero-order valence-corrected chi connectivity index (χ0v) is 22.0. The van der Waals surface area contributed by atoms with Gasteiger partial charge in [-0.25, -0.2) is 4.79 Å². The lowest BCUT2D eigenvalue weighted by molar-refractivity contribution is -0.142. The first kappa shape index (κ1) is 33.6. The Morgan fingerprint density at radius 1 is 0.865 bits per heavy atom. The SMILES string of the molecule is CCC(C)C(NC(=O)C(N)CCC(=O)O)C(=O)NC(CC(C)C)C(=O)NC(CCCN=C(N)N)C(=O)O. The van der Waals surface area contributed by atoms with Crippen molar-refractivity contribution >= 4 is 35.6 Å². The predicted molar refractivity (Wildman–Crippen MR) is 137 cm³/mol. The van der Waals surface area contributed by atoms with Gasteiger partial charge in [0, 0.05) is 13.0 Å². The van der Waals surface area contributed by atoms with E-state index in [9.17, 15) is 29.1 Å². The monoisotopic (exact) mass is 529 g/mol. The van der Waals surface area contributed by atoms with E-state index in [0.717, 1.165) is 0 Å². The van der Waals surface area contributed by atoms with E-state index in [-0.39, 0.29) is 50.0 Å². The molecule has 0 saturated carbocycles. The van der Waals surface area contributed by atoms with Crippen molar-refractivity contribution in [2.24, 2.45) is 34.0 Å². The minimum Gasteiger partial charge on any atom is -0.481 e. The molecular formula is C23H43N7O7. The van der Waals surface area contributed by atoms with Gasteiger partial charge in [0.25, 0.3) is 0 Å². The normalized spacial score (nSPS) is 15.0. The summed E-state index contributed by atoms with van der Waals surface area (Å²) < 4.78 is 0. The van der Waals surface area contributed by atoms with Crippen molar-refractivity contribution in [3.63, 3.8) is 0 Å². The Balaban J connectivity index is 5.50. The molecule has 37 heavy (non-hydrogen) atoms. The van der Waals surface area contributed by atoms with E-state index in [4.69, 9.17) is 22.3 Å². The number of hydrogen-bond donors (Lipinski definition) is 8. The molecule has 3 amide bonds. The summed E-state index contributed by atoms with van der Waals surface area (Å²) in [7, 11) is 0. The Labute approximate surface area is 217 Å². The van der Waals surface area contributed by atoms with Crippen LogP contribution in [0.2, 0.25) is 0 Å². The summed E-state index contributed by atoms with van der Waals surface area (Å²) in [5.41, 5.74) is 16.3. The molecule has 14 heteroatoms. The lowest BCUT2D eigenvalue weighted by Crippen LogP contribution is -2.58. The molecule has 14 nitrogen and oxygen atoms in total. The number of amides is 3. The number of aliphatic carboxylic acids is 2. The van der Waals surface area contributed by atoms with Crippen molar-refractivity contribution in [3.8, 4) is 0 Å². The van der Waals surface area contributed by atoms with Crippen molar-refractivity contribution in [3.05, 3.63) is 0 Å².